The molecule has 0 radical (unpaired) electrons. The van der Waals surface area contributed by atoms with Gasteiger partial charge in [0.05, 0.1) is 18.8 Å². The number of H-pyrrole nitrogens is 1. The van der Waals surface area contributed by atoms with E-state index in [2.05, 4.69) is 47.5 Å². The zero-order valence-electron chi connectivity index (χ0n) is 41.3. The van der Waals surface area contributed by atoms with Gasteiger partial charge >= 0.3 is 11.9 Å². The molecule has 0 fully saturated rings. The highest BCUT2D eigenvalue weighted by atomic mass is 32.2. The van der Waals surface area contributed by atoms with Crippen LogP contribution in [-0.4, -0.2) is 164 Å². The Bertz CT molecular complexity index is 2170. The number of carboxylic acids is 2. The summed E-state index contributed by atoms with van der Waals surface area (Å²) in [6, 6.07) is -4.34. The van der Waals surface area contributed by atoms with Gasteiger partial charge in [-0.05, 0) is 81.9 Å². The van der Waals surface area contributed by atoms with Crippen molar-refractivity contribution in [1.82, 2.24) is 47.5 Å². The zero-order chi connectivity index (χ0) is 53.7. The molecule has 2 aromatic rings. The maximum absolute atomic E-state index is 13.9. The molecule has 0 aliphatic rings. The molecule has 1 aromatic carbocycles. The van der Waals surface area contributed by atoms with E-state index in [9.17, 15) is 68.4 Å². The van der Waals surface area contributed by atoms with Crippen molar-refractivity contribution in [2.75, 3.05) is 18.6 Å². The molecule has 1 heterocycles. The third-order valence-corrected chi connectivity index (χ3v) is 11.6. The van der Waals surface area contributed by atoms with Crippen molar-refractivity contribution < 1.29 is 68.4 Å². The molecule has 10 atom stereocenters. The number of hydrogen-bond acceptors (Lipinski definition) is 14. The number of hydrogen-bond donors (Lipinski definition) is 14. The van der Waals surface area contributed by atoms with Crippen LogP contribution in [0.5, 0.6) is 0 Å². The van der Waals surface area contributed by atoms with Crippen molar-refractivity contribution in [3.8, 4) is 0 Å². The van der Waals surface area contributed by atoms with E-state index in [1.165, 1.54) is 32.5 Å². The fourth-order valence-corrected chi connectivity index (χ4v) is 7.68. The molecule has 8 amide bonds. The number of aromatic amines is 1. The van der Waals surface area contributed by atoms with E-state index in [4.69, 9.17) is 5.73 Å². The first-order chi connectivity index (χ1) is 33.3. The van der Waals surface area contributed by atoms with Crippen LogP contribution in [0.1, 0.15) is 86.1 Å². The Kier molecular flexibility index (Phi) is 25.5. The van der Waals surface area contributed by atoms with Crippen molar-refractivity contribution in [2.24, 2.45) is 17.6 Å². The number of fused-ring (bicyclic) bond motifs is 1. The van der Waals surface area contributed by atoms with Crippen molar-refractivity contribution in [2.45, 2.75) is 148 Å². The number of para-hydroxylation sites is 1. The second-order valence-corrected chi connectivity index (χ2v) is 19.1. The predicted molar refractivity (Wildman–Crippen MR) is 262 cm³/mol. The summed E-state index contributed by atoms with van der Waals surface area (Å²) in [4.78, 5) is 134. The Labute approximate surface area is 416 Å². The summed E-state index contributed by atoms with van der Waals surface area (Å²) in [6.07, 6.45) is -0.573. The monoisotopic (exact) mass is 1020 g/mol. The Morgan fingerprint density at radius 2 is 1.06 bits per heavy atom. The summed E-state index contributed by atoms with van der Waals surface area (Å²) < 4.78 is 0. The lowest BCUT2D eigenvalue weighted by molar-refractivity contribution is -0.143. The van der Waals surface area contributed by atoms with E-state index in [1.54, 1.807) is 64.4 Å². The zero-order valence-corrected chi connectivity index (χ0v) is 42.1. The summed E-state index contributed by atoms with van der Waals surface area (Å²) in [7, 11) is 0. The van der Waals surface area contributed by atoms with E-state index in [1.807, 2.05) is 0 Å². The van der Waals surface area contributed by atoms with Crippen LogP contribution in [0, 0.1) is 11.8 Å². The van der Waals surface area contributed by atoms with Crippen molar-refractivity contribution in [3.05, 3.63) is 36.0 Å². The van der Waals surface area contributed by atoms with Crippen LogP contribution >= 0.6 is 11.8 Å². The number of aliphatic carboxylic acids is 2. The summed E-state index contributed by atoms with van der Waals surface area (Å²) in [5, 5.41) is 60.7. The summed E-state index contributed by atoms with van der Waals surface area (Å²) >= 11 is 1.33. The second kappa shape index (κ2) is 29.8. The van der Waals surface area contributed by atoms with Gasteiger partial charge in [0.25, 0.3) is 0 Å². The molecule has 24 nitrogen and oxygen atoms in total. The number of nitrogens with one attached hydrogen (secondary N) is 9. The smallest absolute Gasteiger partial charge is 0.326 e. The Balaban J connectivity index is 2.23. The van der Waals surface area contributed by atoms with Gasteiger partial charge in [0.1, 0.15) is 48.3 Å². The standard InChI is InChI=1S/C46H72N10O14S/c1-22(2)17-32(42(65)49-24(5)39(62)55-37(25(6)57)45(68)54-34(46(69)70)19-27-21-48-29-12-10-9-11-28(27)29)53-44(67)38(26(7)58)56-41(64)31(15-16-71-8)51-43(66)33(18-23(3)4)52-40(63)30(13-14-36(60)61)50-35(59)20-47/h9-12,21-26,30-34,37-38,48,57-58H,13-20,47H2,1-8H3,(H,49,65)(H,50,59)(H,51,66)(H,52,63)(H,53,67)(H,54,68)(H,55,62)(H,56,64)(H,60,61)(H,69,70)/t24-,25+,26+,30-,31-,32-,33-,34-,37-,38-/m0/s1. The highest BCUT2D eigenvalue weighted by Gasteiger charge is 2.36. The number of nitrogens with two attached hydrogens (primary N) is 1. The van der Waals surface area contributed by atoms with Gasteiger partial charge in [0, 0.05) is 29.9 Å². The summed E-state index contributed by atoms with van der Waals surface area (Å²) in [5.74, 6) is -9.87. The first-order valence-corrected chi connectivity index (χ1v) is 24.7. The first kappa shape index (κ1) is 60.8. The lowest BCUT2D eigenvalue weighted by Gasteiger charge is -2.29. The minimum Gasteiger partial charge on any atom is -0.481 e. The summed E-state index contributed by atoms with van der Waals surface area (Å²) in [5.41, 5.74) is 6.72. The topological polar surface area (TPSA) is 390 Å². The van der Waals surface area contributed by atoms with E-state index < -0.39 is 133 Å². The van der Waals surface area contributed by atoms with E-state index in [-0.39, 0.29) is 43.9 Å². The quantitative estimate of drug-likeness (QED) is 0.0393. The van der Waals surface area contributed by atoms with Crippen molar-refractivity contribution in [3.63, 3.8) is 0 Å². The van der Waals surface area contributed by atoms with Gasteiger partial charge in [-0.3, -0.25) is 43.2 Å². The number of aliphatic hydroxyl groups is 2. The highest BCUT2D eigenvalue weighted by Crippen LogP contribution is 2.19. The number of aliphatic hydroxyl groups excluding tert-OH is 2. The Hall–Kier alpha value is -6.31. The van der Waals surface area contributed by atoms with Gasteiger partial charge in [0.2, 0.25) is 47.3 Å². The normalized spacial score (nSPS) is 15.6. The molecule has 0 bridgehead atoms. The van der Waals surface area contributed by atoms with E-state index in [0.717, 1.165) is 10.9 Å². The van der Waals surface area contributed by atoms with Gasteiger partial charge < -0.3 is 73.7 Å². The maximum atomic E-state index is 13.9. The first-order valence-electron chi connectivity index (χ1n) is 23.3. The minimum atomic E-state index is -1.69. The van der Waals surface area contributed by atoms with Gasteiger partial charge in [-0.25, -0.2) is 4.79 Å². The van der Waals surface area contributed by atoms with Crippen LogP contribution in [-0.2, 0) is 54.4 Å². The van der Waals surface area contributed by atoms with E-state index >= 15 is 0 Å². The minimum absolute atomic E-state index is 0.000528. The molecule has 396 valence electrons. The van der Waals surface area contributed by atoms with Crippen molar-refractivity contribution >= 4 is 81.9 Å². The Morgan fingerprint density at radius 3 is 1.56 bits per heavy atom. The van der Waals surface area contributed by atoms with E-state index in [0.29, 0.717) is 11.3 Å². The molecule has 15 N–H and O–H groups in total. The largest absolute Gasteiger partial charge is 0.481 e. The average Bonchev–Trinajstić information content (AvgIpc) is 3.70. The number of rotatable bonds is 31. The van der Waals surface area contributed by atoms with Gasteiger partial charge in [-0.1, -0.05) is 45.9 Å². The molecule has 0 unspecified atom stereocenters. The predicted octanol–water partition coefficient (Wildman–Crippen LogP) is -1.88. The molecule has 25 heteroatoms. The molecule has 0 saturated heterocycles. The van der Waals surface area contributed by atoms with Gasteiger partial charge in [-0.15, -0.1) is 0 Å². The lowest BCUT2D eigenvalue weighted by Crippen LogP contribution is -2.62. The molecule has 1 aromatic heterocycles. The molecule has 0 aliphatic carbocycles. The fourth-order valence-electron chi connectivity index (χ4n) is 7.21. The van der Waals surface area contributed by atoms with Crippen LogP contribution in [0.4, 0.5) is 0 Å². The average molecular weight is 1020 g/mol. The molecule has 0 aliphatic heterocycles. The number of carboxylic acid groups (broad SMARTS) is 2. The third-order valence-electron chi connectivity index (χ3n) is 11.0. The van der Waals surface area contributed by atoms with Gasteiger partial charge in [0.15, 0.2) is 0 Å². The maximum Gasteiger partial charge on any atom is 0.326 e. The van der Waals surface area contributed by atoms with Crippen LogP contribution in [0.2, 0.25) is 0 Å². The number of carbonyl (C=O) groups is 10. The molecule has 2 rings (SSSR count). The summed E-state index contributed by atoms with van der Waals surface area (Å²) in [6.45, 7) is 10.2. The highest BCUT2D eigenvalue weighted by molar-refractivity contribution is 7.98. The second-order valence-electron chi connectivity index (χ2n) is 18.1. The Morgan fingerprint density at radius 1 is 0.592 bits per heavy atom. The number of aromatic nitrogens is 1. The lowest BCUT2D eigenvalue weighted by atomic mass is 10.0. The number of amides is 8. The number of benzene rings is 1. The van der Waals surface area contributed by atoms with Crippen LogP contribution in [0.25, 0.3) is 10.9 Å². The van der Waals surface area contributed by atoms with Crippen LogP contribution < -0.4 is 48.3 Å². The van der Waals surface area contributed by atoms with Gasteiger partial charge in [-0.2, -0.15) is 11.8 Å². The molecule has 0 spiro atoms. The molecular formula is C46H72N10O14S. The SMILES string of the molecule is CSCC[C@H](NC(=O)[C@H](CC(C)C)NC(=O)[C@H](CCC(=O)O)NC(=O)CN)C(=O)N[C@H](C(=O)N[C@@H](CC(C)C)C(=O)N[C@@H](C)C(=O)N[C@H](C(=O)N[C@@H](Cc1c[nH]c2ccccc12)C(=O)O)[C@@H](C)O)[C@@H](C)O. The molecule has 71 heavy (non-hydrogen) atoms. The number of carbonyl (C=O) groups excluding carboxylic acids is 8. The third kappa shape index (κ3) is 20.5. The number of thioether (sulfide) groups is 1. The fraction of sp³-hybridized carbons (Fsp3) is 0.609. The van der Waals surface area contributed by atoms with Crippen LogP contribution in [0.3, 0.4) is 0 Å². The van der Waals surface area contributed by atoms with Crippen molar-refractivity contribution in [1.29, 1.82) is 0 Å². The van der Waals surface area contributed by atoms with Crippen LogP contribution in [0.15, 0.2) is 30.5 Å². The molecule has 0 saturated carbocycles. The molecular weight excluding hydrogens is 949 g/mol.